The molecule has 0 fully saturated rings. The second-order valence-electron chi connectivity index (χ2n) is 4.53. The van der Waals surface area contributed by atoms with Crippen molar-refractivity contribution >= 4 is 17.7 Å². The predicted octanol–water partition coefficient (Wildman–Crippen LogP) is 2.08. The number of ether oxygens (including phenoxy) is 2. The van der Waals surface area contributed by atoms with E-state index in [4.69, 9.17) is 14.6 Å². The normalized spacial score (nSPS) is 11.4. The highest BCUT2D eigenvalue weighted by atomic mass is 16.5. The first-order valence-electron chi connectivity index (χ1n) is 6.47. The summed E-state index contributed by atoms with van der Waals surface area (Å²) in [4.78, 5) is 22.3. The Morgan fingerprint density at radius 3 is 2.24 bits per heavy atom. The minimum atomic E-state index is -0.887. The van der Waals surface area contributed by atoms with Crippen molar-refractivity contribution in [3.63, 3.8) is 0 Å². The van der Waals surface area contributed by atoms with Gasteiger partial charge in [0.2, 0.25) is 0 Å². The number of amides is 2. The first kappa shape index (κ1) is 16.6. The number of carboxylic acids is 1. The number of carbonyl (C=O) groups excluding carboxylic acids is 1. The number of aliphatic carboxylic acids is 1. The molecule has 0 spiro atoms. The molecule has 3 N–H and O–H groups in total. The van der Waals surface area contributed by atoms with Gasteiger partial charge in [-0.15, -0.1) is 0 Å². The van der Waals surface area contributed by atoms with Crippen molar-refractivity contribution < 1.29 is 24.2 Å². The standard InChI is InChI=1S/C14H20N2O5/c1-9(4-5-13(17)18)15-14(19)16-10-6-11(20-2)8-12(7-10)21-3/h6-9H,4-5H2,1-3H3,(H,17,18)(H2,15,16,19). The molecule has 1 aromatic carbocycles. The average Bonchev–Trinajstić information content (AvgIpc) is 2.44. The lowest BCUT2D eigenvalue weighted by atomic mass is 10.2. The number of hydrogen-bond acceptors (Lipinski definition) is 4. The lowest BCUT2D eigenvalue weighted by Gasteiger charge is -2.14. The quantitative estimate of drug-likeness (QED) is 0.715. The van der Waals surface area contributed by atoms with Gasteiger partial charge in [0.25, 0.3) is 0 Å². The Morgan fingerprint density at radius 2 is 1.76 bits per heavy atom. The molecule has 116 valence electrons. The summed E-state index contributed by atoms with van der Waals surface area (Å²) in [5.74, 6) is 0.230. The van der Waals surface area contributed by atoms with Gasteiger partial charge in [-0.2, -0.15) is 0 Å². The van der Waals surface area contributed by atoms with Gasteiger partial charge in [-0.25, -0.2) is 4.79 Å². The van der Waals surface area contributed by atoms with Crippen LogP contribution in [0.25, 0.3) is 0 Å². The van der Waals surface area contributed by atoms with Gasteiger partial charge < -0.3 is 25.2 Å². The van der Waals surface area contributed by atoms with E-state index in [2.05, 4.69) is 10.6 Å². The van der Waals surface area contributed by atoms with E-state index in [1.807, 2.05) is 0 Å². The number of rotatable bonds is 7. The Labute approximate surface area is 123 Å². The van der Waals surface area contributed by atoms with Gasteiger partial charge in [0.05, 0.1) is 14.2 Å². The van der Waals surface area contributed by atoms with E-state index in [-0.39, 0.29) is 12.5 Å². The maximum atomic E-state index is 11.8. The zero-order valence-corrected chi connectivity index (χ0v) is 12.3. The monoisotopic (exact) mass is 296 g/mol. The molecule has 2 amide bonds. The molecule has 0 saturated carbocycles. The molecule has 1 unspecified atom stereocenters. The van der Waals surface area contributed by atoms with Gasteiger partial charge in [-0.05, 0) is 13.3 Å². The number of anilines is 1. The highest BCUT2D eigenvalue weighted by Gasteiger charge is 2.10. The molecule has 1 atom stereocenters. The molecular formula is C14H20N2O5. The van der Waals surface area contributed by atoms with E-state index >= 15 is 0 Å². The number of methoxy groups -OCH3 is 2. The van der Waals surface area contributed by atoms with Gasteiger partial charge in [-0.1, -0.05) is 0 Å². The summed E-state index contributed by atoms with van der Waals surface area (Å²) in [6.07, 6.45) is 0.374. The molecule has 0 bridgehead atoms. The number of benzene rings is 1. The summed E-state index contributed by atoms with van der Waals surface area (Å²) in [6.45, 7) is 1.74. The van der Waals surface area contributed by atoms with Crippen LogP contribution in [0, 0.1) is 0 Å². The first-order valence-corrected chi connectivity index (χ1v) is 6.47. The third-order valence-corrected chi connectivity index (χ3v) is 2.78. The van der Waals surface area contributed by atoms with Gasteiger partial charge >= 0.3 is 12.0 Å². The minimum Gasteiger partial charge on any atom is -0.497 e. The van der Waals surface area contributed by atoms with Crippen molar-refractivity contribution in [3.05, 3.63) is 18.2 Å². The molecule has 21 heavy (non-hydrogen) atoms. The van der Waals surface area contributed by atoms with Crippen molar-refractivity contribution in [2.24, 2.45) is 0 Å². The highest BCUT2D eigenvalue weighted by Crippen LogP contribution is 2.25. The van der Waals surface area contributed by atoms with E-state index in [1.165, 1.54) is 14.2 Å². The van der Waals surface area contributed by atoms with E-state index in [1.54, 1.807) is 25.1 Å². The SMILES string of the molecule is COc1cc(NC(=O)NC(C)CCC(=O)O)cc(OC)c1. The van der Waals surface area contributed by atoms with Crippen molar-refractivity contribution in [1.29, 1.82) is 0 Å². The van der Waals surface area contributed by atoms with Crippen LogP contribution in [0.5, 0.6) is 11.5 Å². The van der Waals surface area contributed by atoms with Crippen LogP contribution in [0.4, 0.5) is 10.5 Å². The molecule has 7 nitrogen and oxygen atoms in total. The number of nitrogens with one attached hydrogen (secondary N) is 2. The smallest absolute Gasteiger partial charge is 0.319 e. The van der Waals surface area contributed by atoms with Crippen LogP contribution in [0.1, 0.15) is 19.8 Å². The summed E-state index contributed by atoms with van der Waals surface area (Å²) >= 11 is 0. The molecule has 0 aromatic heterocycles. The zero-order chi connectivity index (χ0) is 15.8. The molecule has 0 aliphatic carbocycles. The average molecular weight is 296 g/mol. The molecule has 0 aliphatic heterocycles. The van der Waals surface area contributed by atoms with E-state index in [9.17, 15) is 9.59 Å². The number of urea groups is 1. The summed E-state index contributed by atoms with van der Waals surface area (Å²) < 4.78 is 10.2. The van der Waals surface area contributed by atoms with Crippen LogP contribution >= 0.6 is 0 Å². The van der Waals surface area contributed by atoms with Crippen LogP contribution in [0.2, 0.25) is 0 Å². The van der Waals surface area contributed by atoms with Gasteiger partial charge in [0.1, 0.15) is 11.5 Å². The van der Waals surface area contributed by atoms with E-state index in [0.29, 0.717) is 23.6 Å². The Kier molecular flexibility index (Phi) is 6.32. The first-order chi connectivity index (χ1) is 9.94. The summed E-state index contributed by atoms with van der Waals surface area (Å²) in [5.41, 5.74) is 0.522. The van der Waals surface area contributed by atoms with E-state index in [0.717, 1.165) is 0 Å². The molecule has 0 aliphatic rings. The summed E-state index contributed by atoms with van der Waals surface area (Å²) in [6, 6.07) is 4.35. The summed E-state index contributed by atoms with van der Waals surface area (Å²) in [7, 11) is 3.04. The van der Waals surface area contributed by atoms with Crippen LogP contribution in [0.15, 0.2) is 18.2 Å². The van der Waals surface area contributed by atoms with Crippen molar-refractivity contribution in [3.8, 4) is 11.5 Å². The van der Waals surface area contributed by atoms with Gasteiger partial charge in [0.15, 0.2) is 0 Å². The fraction of sp³-hybridized carbons (Fsp3) is 0.429. The lowest BCUT2D eigenvalue weighted by Crippen LogP contribution is -2.36. The predicted molar refractivity (Wildman–Crippen MR) is 78.0 cm³/mol. The lowest BCUT2D eigenvalue weighted by molar-refractivity contribution is -0.137. The third-order valence-electron chi connectivity index (χ3n) is 2.78. The Morgan fingerprint density at radius 1 is 1.19 bits per heavy atom. The van der Waals surface area contributed by atoms with Crippen LogP contribution in [-0.4, -0.2) is 37.4 Å². The fourth-order valence-electron chi connectivity index (χ4n) is 1.68. The van der Waals surface area contributed by atoms with Gasteiger partial charge in [0, 0.05) is 36.3 Å². The van der Waals surface area contributed by atoms with Crippen LogP contribution in [0.3, 0.4) is 0 Å². The van der Waals surface area contributed by atoms with Gasteiger partial charge in [-0.3, -0.25) is 4.79 Å². The maximum Gasteiger partial charge on any atom is 0.319 e. The number of carbonyl (C=O) groups is 2. The number of carboxylic acid groups (broad SMARTS) is 1. The maximum absolute atomic E-state index is 11.8. The Balaban J connectivity index is 2.59. The molecule has 1 aromatic rings. The summed E-state index contributed by atoms with van der Waals surface area (Å²) in [5, 5.41) is 13.9. The Bertz CT molecular complexity index is 482. The number of hydrogen-bond donors (Lipinski definition) is 3. The second kappa shape index (κ2) is 7.98. The van der Waals surface area contributed by atoms with Crippen molar-refractivity contribution in [2.45, 2.75) is 25.8 Å². The Hall–Kier alpha value is -2.44. The molecule has 1 rings (SSSR count). The molecule has 0 saturated heterocycles. The van der Waals surface area contributed by atoms with Crippen molar-refractivity contribution in [1.82, 2.24) is 5.32 Å². The highest BCUT2D eigenvalue weighted by molar-refractivity contribution is 5.90. The fourth-order valence-corrected chi connectivity index (χ4v) is 1.68. The molecule has 0 heterocycles. The van der Waals surface area contributed by atoms with Crippen LogP contribution in [-0.2, 0) is 4.79 Å². The minimum absolute atomic E-state index is 0.00836. The third kappa shape index (κ3) is 6.03. The topological polar surface area (TPSA) is 96.9 Å². The largest absolute Gasteiger partial charge is 0.497 e. The van der Waals surface area contributed by atoms with Crippen molar-refractivity contribution in [2.75, 3.05) is 19.5 Å². The zero-order valence-electron chi connectivity index (χ0n) is 12.3. The molecular weight excluding hydrogens is 276 g/mol. The second-order valence-corrected chi connectivity index (χ2v) is 4.53. The molecule has 0 radical (unpaired) electrons. The van der Waals surface area contributed by atoms with Crippen LogP contribution < -0.4 is 20.1 Å². The molecule has 7 heteroatoms. The van der Waals surface area contributed by atoms with E-state index < -0.39 is 12.0 Å².